The van der Waals surface area contributed by atoms with Crippen molar-refractivity contribution in [1.29, 1.82) is 0 Å². The zero-order valence-electron chi connectivity index (χ0n) is 75.7. The van der Waals surface area contributed by atoms with Gasteiger partial charge in [-0.2, -0.15) is 0 Å². The fourth-order valence-electron chi connectivity index (χ4n) is 21.7. The molecule has 0 aliphatic rings. The minimum Gasteiger partial charge on any atom is -0.416 e. The summed E-state index contributed by atoms with van der Waals surface area (Å²) in [6.45, 7) is 0. The molecule has 0 aliphatic carbocycles. The van der Waals surface area contributed by atoms with E-state index in [0.717, 1.165) is 95.2 Å². The minimum absolute atomic E-state index is 0.499. The lowest BCUT2D eigenvalue weighted by Gasteiger charge is -2.17. The molecule has 140 heavy (non-hydrogen) atoms. The second-order valence-electron chi connectivity index (χ2n) is 35.8. The molecule has 0 unspecified atom stereocenters. The van der Waals surface area contributed by atoms with E-state index >= 15 is 0 Å². The van der Waals surface area contributed by atoms with Crippen molar-refractivity contribution in [3.8, 4) is 108 Å². The van der Waals surface area contributed by atoms with Crippen molar-refractivity contribution in [2.75, 3.05) is 0 Å². The molecule has 0 amide bonds. The Bertz CT molecular complexity index is 9910. The summed E-state index contributed by atoms with van der Waals surface area (Å²) < 4.78 is 13.6. The molecule has 652 valence electrons. The highest BCUT2D eigenvalue weighted by atomic mass is 16.4. The number of benzene rings is 23. The summed E-state index contributed by atoms with van der Waals surface area (Å²) in [7, 11) is 0. The van der Waals surface area contributed by atoms with Gasteiger partial charge >= 0.3 is 0 Å². The fourth-order valence-corrected chi connectivity index (χ4v) is 21.7. The monoisotopic (exact) mass is 1780 g/mol. The van der Waals surface area contributed by atoms with Gasteiger partial charge in [-0.05, 0) is 207 Å². The zero-order chi connectivity index (χ0) is 92.2. The first-order valence-electron chi connectivity index (χ1n) is 47.4. The van der Waals surface area contributed by atoms with Crippen LogP contribution in [0.5, 0.6) is 0 Å². The van der Waals surface area contributed by atoms with Crippen LogP contribution in [0.15, 0.2) is 496 Å². The molecular formula is C130H81N9O. The van der Waals surface area contributed by atoms with E-state index in [4.69, 9.17) is 24.4 Å². The highest BCUT2D eigenvalue weighted by Crippen LogP contribution is 2.52. The molecule has 23 aromatic carbocycles. The summed E-state index contributed by atoms with van der Waals surface area (Å²) in [5, 5.41) is 38.6. The van der Waals surface area contributed by atoms with E-state index in [-0.39, 0.29) is 0 Å². The topological polar surface area (TPSA) is 105 Å². The number of rotatable bonds is 11. The summed E-state index contributed by atoms with van der Waals surface area (Å²) in [5.74, 6) is 2.45. The van der Waals surface area contributed by atoms with Gasteiger partial charge in [0.2, 0.25) is 11.8 Å². The van der Waals surface area contributed by atoms with Crippen molar-refractivity contribution >= 4 is 162 Å². The van der Waals surface area contributed by atoms with Crippen LogP contribution in [0.1, 0.15) is 0 Å². The van der Waals surface area contributed by atoms with E-state index in [0.29, 0.717) is 17.6 Å². The van der Waals surface area contributed by atoms with Crippen molar-refractivity contribution < 1.29 is 4.42 Å². The molecule has 0 saturated heterocycles. The maximum Gasteiger partial charge on any atom is 0.248 e. The third-order valence-electron chi connectivity index (χ3n) is 27.9. The second-order valence-corrected chi connectivity index (χ2v) is 35.8. The van der Waals surface area contributed by atoms with Gasteiger partial charge in [0.05, 0.1) is 44.5 Å². The molecule has 10 heteroatoms. The molecule has 0 atom stereocenters. The predicted molar refractivity (Wildman–Crippen MR) is 582 cm³/mol. The molecule has 0 spiro atoms. The Labute approximate surface area is 804 Å². The Morgan fingerprint density at radius 1 is 0.179 bits per heavy atom. The van der Waals surface area contributed by atoms with E-state index in [1.807, 2.05) is 85.2 Å². The van der Waals surface area contributed by atoms with E-state index in [1.54, 1.807) is 0 Å². The predicted octanol–water partition coefficient (Wildman–Crippen LogP) is 34.0. The molecule has 0 bridgehead atoms. The van der Waals surface area contributed by atoms with Crippen molar-refractivity contribution in [3.63, 3.8) is 0 Å². The number of aromatic nitrogens is 9. The first kappa shape index (κ1) is 80.7. The Morgan fingerprint density at radius 2 is 0.486 bits per heavy atom. The molecule has 0 radical (unpaired) electrons. The summed E-state index contributed by atoms with van der Waals surface area (Å²) >= 11 is 0. The van der Waals surface area contributed by atoms with Crippen LogP contribution in [0.25, 0.3) is 270 Å². The van der Waals surface area contributed by atoms with Gasteiger partial charge in [0, 0.05) is 117 Å². The maximum absolute atomic E-state index is 6.25. The van der Waals surface area contributed by atoms with Crippen LogP contribution in [0.3, 0.4) is 0 Å². The van der Waals surface area contributed by atoms with Gasteiger partial charge < -0.3 is 18.1 Å². The van der Waals surface area contributed by atoms with Crippen LogP contribution >= 0.6 is 0 Å². The van der Waals surface area contributed by atoms with Crippen LogP contribution in [0.2, 0.25) is 0 Å². The first-order chi connectivity index (χ1) is 69.5. The van der Waals surface area contributed by atoms with Gasteiger partial charge in [-0.15, -0.1) is 10.2 Å². The van der Waals surface area contributed by atoms with Crippen LogP contribution in [-0.2, 0) is 0 Å². The number of nitrogens with zero attached hydrogens (tertiary/aromatic N) is 9. The normalized spacial score (nSPS) is 11.7. The van der Waals surface area contributed by atoms with Crippen molar-refractivity contribution in [2.24, 2.45) is 0 Å². The average Bonchev–Trinajstić information content (AvgIpc) is 1.53. The summed E-state index contributed by atoms with van der Waals surface area (Å²) in [5.41, 5.74) is 22.7. The van der Waals surface area contributed by atoms with Gasteiger partial charge in [0.15, 0.2) is 11.6 Å². The third-order valence-corrected chi connectivity index (χ3v) is 27.9. The van der Waals surface area contributed by atoms with E-state index in [9.17, 15) is 0 Å². The number of hydrogen-bond donors (Lipinski definition) is 0. The molecule has 6 aromatic heterocycles. The Hall–Kier alpha value is -18.9. The largest absolute Gasteiger partial charge is 0.416 e. The minimum atomic E-state index is 0.499. The summed E-state index contributed by atoms with van der Waals surface area (Å²) in [4.78, 5) is 19.8. The molecular weight excluding hydrogens is 1700 g/mol. The highest BCUT2D eigenvalue weighted by Gasteiger charge is 2.28. The van der Waals surface area contributed by atoms with E-state index in [1.165, 1.54) is 157 Å². The average molecular weight is 1790 g/mol. The first-order valence-corrected chi connectivity index (χ1v) is 47.4. The van der Waals surface area contributed by atoms with E-state index in [2.05, 4.69) is 430 Å². The smallest absolute Gasteiger partial charge is 0.248 e. The molecule has 10 nitrogen and oxygen atoms in total. The summed E-state index contributed by atoms with van der Waals surface area (Å²) in [6.07, 6.45) is 3.88. The van der Waals surface area contributed by atoms with Crippen LogP contribution in [0.4, 0.5) is 0 Å². The lowest BCUT2D eigenvalue weighted by atomic mass is 9.89. The molecule has 29 rings (SSSR count). The standard InChI is InChI=1S/C46H29N3.C44H27N3O.C40H25N3/c1-4-15-31(16-5-1)40-29-41(32-17-6-2-7-18-32)48-46(47-40)33-25-27-42-39(28-33)44-37-23-13-12-22-36(37)38-26-24-30-14-10-11-21-35(30)43(38)45(44)49(42)34-19-8-3-9-20-34;1-4-14-28(15-5-1)36-27-37-33-21-11-13-23-35(33)41-38-26-30(44-46-45-43(48-44)29-16-6-2-7-17-29)24-25-39(38)47(31-18-8-3-9-19-31)42(41)40(37)34-22-12-10-20-32(34)36;1-3-12-27(13-4-1)40-41-24-29(25-42-40)28-20-22-36-35(23-28)38-33-18-10-9-17-32(33)34-21-19-26-11-7-8-16-31(26)37(34)39(38)43(36)30-14-5-2-6-15-30/h1-29H;1-27H;1-25H. The third kappa shape index (κ3) is 13.5. The SMILES string of the molecule is c1ccc(-c2cc(-c3ccccc3)nc(-c3ccc4c(c3)c3c5ccccc5c5ccc6ccccc6c5c3n4-c3ccccc3)n2)cc1.c1ccc(-c2ncc(-c3ccc4c(c3)c3c5ccccc5c5ccc6ccccc6c5c3n4-c3ccccc3)cn2)cc1.c1ccc(-c2nnc(-c3ccc4c(c3)c3c5ccccc5c5cc(-c6ccccc6)c6ccccc6c5c3n4-c3ccccc3)o2)cc1. The van der Waals surface area contributed by atoms with Gasteiger partial charge in [-0.25, -0.2) is 19.9 Å². The lowest BCUT2D eigenvalue weighted by molar-refractivity contribution is 0.584. The van der Waals surface area contributed by atoms with E-state index < -0.39 is 0 Å². The highest BCUT2D eigenvalue weighted by molar-refractivity contribution is 6.40. The molecule has 6 heterocycles. The number of fused-ring (bicyclic) bond motifs is 30. The zero-order valence-corrected chi connectivity index (χ0v) is 75.7. The number of hydrogen-bond acceptors (Lipinski definition) is 7. The van der Waals surface area contributed by atoms with Crippen LogP contribution in [-0.4, -0.2) is 43.8 Å². The van der Waals surface area contributed by atoms with Crippen LogP contribution in [0, 0.1) is 0 Å². The fraction of sp³-hybridized carbons (Fsp3) is 0. The van der Waals surface area contributed by atoms with Crippen LogP contribution < -0.4 is 0 Å². The number of para-hydroxylation sites is 3. The van der Waals surface area contributed by atoms with Gasteiger partial charge in [-0.1, -0.05) is 370 Å². The molecule has 0 saturated carbocycles. The lowest BCUT2D eigenvalue weighted by Crippen LogP contribution is -1.96. The van der Waals surface area contributed by atoms with Crippen molar-refractivity contribution in [2.45, 2.75) is 0 Å². The van der Waals surface area contributed by atoms with Gasteiger partial charge in [0.1, 0.15) is 0 Å². The van der Waals surface area contributed by atoms with Crippen molar-refractivity contribution in [1.82, 2.24) is 43.8 Å². The summed E-state index contributed by atoms with van der Waals surface area (Å²) in [6, 6.07) is 170. The van der Waals surface area contributed by atoms with Gasteiger partial charge in [0.25, 0.3) is 0 Å². The quantitative estimate of drug-likeness (QED) is 0.119. The Kier molecular flexibility index (Phi) is 19.4. The Morgan fingerprint density at radius 3 is 0.929 bits per heavy atom. The molecule has 0 N–H and O–H groups in total. The second kappa shape index (κ2) is 33.6. The molecule has 0 fully saturated rings. The Balaban J connectivity index is 0.000000106. The maximum atomic E-state index is 6.25. The molecule has 0 aliphatic heterocycles. The van der Waals surface area contributed by atoms with Crippen molar-refractivity contribution in [3.05, 3.63) is 492 Å². The molecule has 29 aromatic rings. The van der Waals surface area contributed by atoms with Gasteiger partial charge in [-0.3, -0.25) is 0 Å².